The number of nitrogens with two attached hydrogens (primary N) is 1. The molecule has 0 fully saturated rings. The number of sulfonamides is 1. The maximum absolute atomic E-state index is 12.2. The third kappa shape index (κ3) is 6.93. The topological polar surface area (TPSA) is 111 Å². The van der Waals surface area contributed by atoms with Crippen LogP contribution < -0.4 is 15.8 Å². The minimum Gasteiger partial charge on any atom is -0.383 e. The summed E-state index contributed by atoms with van der Waals surface area (Å²) in [6, 6.07) is 14.6. The molecule has 0 saturated carbocycles. The Balaban J connectivity index is 0.00000364. The highest BCUT2D eigenvalue weighted by Crippen LogP contribution is 2.13. The summed E-state index contributed by atoms with van der Waals surface area (Å²) >= 11 is 0. The maximum atomic E-state index is 12.2. The number of halogens is 1. The van der Waals surface area contributed by atoms with Crippen LogP contribution in [0.5, 0.6) is 0 Å². The van der Waals surface area contributed by atoms with E-state index in [2.05, 4.69) is 10.0 Å². The lowest BCUT2D eigenvalue weighted by Crippen LogP contribution is -2.33. The second kappa shape index (κ2) is 11.0. The molecule has 0 aliphatic heterocycles. The number of rotatable bonds is 9. The number of hydrogen-bond donors (Lipinski definition) is 3. The molecular weight excluding hydrogens is 390 g/mol. The number of benzene rings is 2. The van der Waals surface area contributed by atoms with E-state index in [1.165, 1.54) is 19.2 Å². The minimum absolute atomic E-state index is 0. The van der Waals surface area contributed by atoms with Gasteiger partial charge in [0.2, 0.25) is 15.9 Å². The van der Waals surface area contributed by atoms with Crippen molar-refractivity contribution < 1.29 is 17.9 Å². The van der Waals surface area contributed by atoms with Crippen molar-refractivity contribution in [2.45, 2.75) is 17.5 Å². The second-order valence-electron chi connectivity index (χ2n) is 5.64. The zero-order valence-corrected chi connectivity index (χ0v) is 16.6. The van der Waals surface area contributed by atoms with Gasteiger partial charge in [0.1, 0.15) is 6.04 Å². The smallest absolute Gasteiger partial charge is 0.241 e. The van der Waals surface area contributed by atoms with Crippen molar-refractivity contribution in [3.05, 3.63) is 65.7 Å². The van der Waals surface area contributed by atoms with Gasteiger partial charge in [-0.25, -0.2) is 13.1 Å². The van der Waals surface area contributed by atoms with Gasteiger partial charge in [-0.15, -0.1) is 12.4 Å². The highest BCUT2D eigenvalue weighted by atomic mass is 35.5. The second-order valence-corrected chi connectivity index (χ2v) is 7.41. The molecule has 4 N–H and O–H groups in total. The Morgan fingerprint density at radius 2 is 1.85 bits per heavy atom. The van der Waals surface area contributed by atoms with Gasteiger partial charge in [0.05, 0.1) is 11.5 Å². The highest BCUT2D eigenvalue weighted by Gasteiger charge is 2.16. The fourth-order valence-corrected chi connectivity index (χ4v) is 3.38. The molecule has 1 atom stereocenters. The van der Waals surface area contributed by atoms with Crippen LogP contribution in [0.4, 0.5) is 0 Å². The molecular formula is C18H24ClN3O4S. The zero-order valence-electron chi connectivity index (χ0n) is 14.9. The number of amides is 1. The standard InChI is InChI=1S/C18H23N3O4S.ClH/c1-25-11-10-21-26(23,24)16-9-5-6-14(12-16)13-20-18(22)17(19)15-7-3-2-4-8-15;/h2-9,12,17,21H,10-11,13,19H2,1H3,(H,20,22);1H. The van der Waals surface area contributed by atoms with Gasteiger partial charge in [-0.3, -0.25) is 4.79 Å². The van der Waals surface area contributed by atoms with E-state index in [4.69, 9.17) is 10.5 Å². The summed E-state index contributed by atoms with van der Waals surface area (Å²) < 4.78 is 31.7. The largest absolute Gasteiger partial charge is 0.383 e. The first-order chi connectivity index (χ1) is 12.4. The molecule has 2 rings (SSSR count). The number of carbonyl (C=O) groups excluding carboxylic acids is 1. The van der Waals surface area contributed by atoms with Crippen molar-refractivity contribution in [2.24, 2.45) is 5.73 Å². The van der Waals surface area contributed by atoms with Crippen molar-refractivity contribution in [2.75, 3.05) is 20.3 Å². The maximum Gasteiger partial charge on any atom is 0.241 e. The number of carbonyl (C=O) groups is 1. The number of ether oxygens (including phenoxy) is 1. The van der Waals surface area contributed by atoms with E-state index in [0.717, 1.165) is 0 Å². The van der Waals surface area contributed by atoms with Crippen molar-refractivity contribution >= 4 is 28.3 Å². The predicted molar refractivity (Wildman–Crippen MR) is 106 cm³/mol. The lowest BCUT2D eigenvalue weighted by Gasteiger charge is -2.13. The average Bonchev–Trinajstić information content (AvgIpc) is 2.66. The molecule has 0 heterocycles. The van der Waals surface area contributed by atoms with E-state index in [9.17, 15) is 13.2 Å². The molecule has 0 aliphatic carbocycles. The Morgan fingerprint density at radius 3 is 2.52 bits per heavy atom. The fraction of sp³-hybridized carbons (Fsp3) is 0.278. The number of nitrogens with one attached hydrogen (secondary N) is 2. The van der Waals surface area contributed by atoms with Crippen LogP contribution in [-0.4, -0.2) is 34.6 Å². The summed E-state index contributed by atoms with van der Waals surface area (Å²) in [6.45, 7) is 0.652. The molecule has 0 spiro atoms. The van der Waals surface area contributed by atoms with E-state index in [-0.39, 0.29) is 42.9 Å². The SMILES string of the molecule is COCCNS(=O)(=O)c1cccc(CNC(=O)C(N)c2ccccc2)c1.Cl. The van der Waals surface area contributed by atoms with Gasteiger partial charge in [0.15, 0.2) is 0 Å². The van der Waals surface area contributed by atoms with Gasteiger partial charge in [-0.05, 0) is 23.3 Å². The lowest BCUT2D eigenvalue weighted by atomic mass is 10.1. The minimum atomic E-state index is -3.62. The molecule has 148 valence electrons. The lowest BCUT2D eigenvalue weighted by molar-refractivity contribution is -0.122. The third-order valence-electron chi connectivity index (χ3n) is 3.71. The summed E-state index contributed by atoms with van der Waals surface area (Å²) in [5.41, 5.74) is 7.31. The van der Waals surface area contributed by atoms with Crippen LogP contribution in [-0.2, 0) is 26.1 Å². The van der Waals surface area contributed by atoms with Crippen molar-refractivity contribution in [1.82, 2.24) is 10.0 Å². The molecule has 0 bridgehead atoms. The molecule has 1 unspecified atom stereocenters. The van der Waals surface area contributed by atoms with E-state index in [0.29, 0.717) is 11.1 Å². The first-order valence-electron chi connectivity index (χ1n) is 8.10. The first kappa shape index (κ1) is 23.1. The van der Waals surface area contributed by atoms with E-state index in [1.807, 2.05) is 18.2 Å². The summed E-state index contributed by atoms with van der Waals surface area (Å²) in [7, 11) is -2.12. The molecule has 2 aromatic carbocycles. The van der Waals surface area contributed by atoms with Crippen LogP contribution in [0.2, 0.25) is 0 Å². The normalized spacial score (nSPS) is 12.1. The van der Waals surface area contributed by atoms with E-state index >= 15 is 0 Å². The molecule has 7 nitrogen and oxygen atoms in total. The quantitative estimate of drug-likeness (QED) is 0.537. The Kier molecular flexibility index (Phi) is 9.40. The van der Waals surface area contributed by atoms with Gasteiger partial charge < -0.3 is 15.8 Å². The summed E-state index contributed by atoms with van der Waals surface area (Å²) in [4.78, 5) is 12.3. The van der Waals surface area contributed by atoms with E-state index in [1.54, 1.807) is 24.3 Å². The van der Waals surface area contributed by atoms with Crippen LogP contribution in [0.3, 0.4) is 0 Å². The molecule has 0 saturated heterocycles. The Hall–Kier alpha value is -1.97. The summed E-state index contributed by atoms with van der Waals surface area (Å²) in [5, 5.41) is 2.73. The molecule has 0 aromatic heterocycles. The molecule has 0 radical (unpaired) electrons. The number of hydrogen-bond acceptors (Lipinski definition) is 5. The first-order valence-corrected chi connectivity index (χ1v) is 9.58. The van der Waals surface area contributed by atoms with Gasteiger partial charge in [0.25, 0.3) is 0 Å². The Labute approximate surface area is 165 Å². The van der Waals surface area contributed by atoms with Gasteiger partial charge in [-0.1, -0.05) is 42.5 Å². The van der Waals surface area contributed by atoms with Gasteiger partial charge in [-0.2, -0.15) is 0 Å². The van der Waals surface area contributed by atoms with Crippen molar-refractivity contribution in [3.8, 4) is 0 Å². The molecule has 1 amide bonds. The van der Waals surface area contributed by atoms with Crippen LogP contribution in [0.15, 0.2) is 59.5 Å². The Morgan fingerprint density at radius 1 is 1.15 bits per heavy atom. The molecule has 2 aromatic rings. The van der Waals surface area contributed by atoms with E-state index < -0.39 is 16.1 Å². The van der Waals surface area contributed by atoms with Crippen LogP contribution in [0, 0.1) is 0 Å². The predicted octanol–water partition coefficient (Wildman–Crippen LogP) is 1.35. The van der Waals surface area contributed by atoms with Crippen LogP contribution in [0.25, 0.3) is 0 Å². The molecule has 0 aliphatic rings. The van der Waals surface area contributed by atoms with Crippen molar-refractivity contribution in [1.29, 1.82) is 0 Å². The van der Waals surface area contributed by atoms with Crippen LogP contribution >= 0.6 is 12.4 Å². The average molecular weight is 414 g/mol. The zero-order chi connectivity index (χ0) is 19.0. The summed E-state index contributed by atoms with van der Waals surface area (Å²) in [5.74, 6) is -0.331. The Bertz CT molecular complexity index is 832. The van der Waals surface area contributed by atoms with Crippen molar-refractivity contribution in [3.63, 3.8) is 0 Å². The summed E-state index contributed by atoms with van der Waals surface area (Å²) in [6.07, 6.45) is 0. The van der Waals surface area contributed by atoms with Gasteiger partial charge >= 0.3 is 0 Å². The third-order valence-corrected chi connectivity index (χ3v) is 5.17. The highest BCUT2D eigenvalue weighted by molar-refractivity contribution is 7.89. The molecule has 27 heavy (non-hydrogen) atoms. The van der Waals surface area contributed by atoms with Crippen LogP contribution in [0.1, 0.15) is 17.2 Å². The van der Waals surface area contributed by atoms with Gasteiger partial charge in [0, 0.05) is 20.2 Å². The fourth-order valence-electron chi connectivity index (χ4n) is 2.29. The monoisotopic (exact) mass is 413 g/mol. The number of methoxy groups -OCH3 is 1. The molecule has 9 heteroatoms.